The average molecular weight is 685 g/mol. The highest BCUT2D eigenvalue weighted by Crippen LogP contribution is 2.47. The molecule has 11 rings (SSSR count). The summed E-state index contributed by atoms with van der Waals surface area (Å²) < 4.78 is 118. The van der Waals surface area contributed by atoms with E-state index in [1.54, 1.807) is 30.3 Å². The van der Waals surface area contributed by atoms with E-state index in [-0.39, 0.29) is 73.1 Å². The Bertz CT molecular complexity index is 3850. The smallest absolute Gasteiger partial charge is 0.136 e. The monoisotopic (exact) mass is 684 g/mol. The molecule has 0 aliphatic carbocycles. The van der Waals surface area contributed by atoms with Crippen LogP contribution in [0.25, 0.3) is 110 Å². The molecule has 246 valence electrons. The molecular weight excluding hydrogens is 641 g/mol. The molecule has 0 N–H and O–H groups in total. The molecule has 0 atom stereocenters. The van der Waals surface area contributed by atoms with Crippen LogP contribution in [-0.2, 0) is 0 Å². The van der Waals surface area contributed by atoms with Crippen LogP contribution >= 0.6 is 0 Å². The summed E-state index contributed by atoms with van der Waals surface area (Å²) in [5, 5.41) is 4.50. The van der Waals surface area contributed by atoms with Gasteiger partial charge in [-0.15, -0.1) is 0 Å². The zero-order valence-corrected chi connectivity index (χ0v) is 28.0. The Kier molecular flexibility index (Phi) is 4.49. The first kappa shape index (κ1) is 20.2. The molecule has 1 aromatic heterocycles. The molecule has 0 amide bonds. The molecule has 1 nitrogen and oxygen atoms in total. The van der Waals surface area contributed by atoms with Gasteiger partial charge in [-0.1, -0.05) is 170 Å². The average Bonchev–Trinajstić information content (AvgIpc) is 3.74. The second-order valence-corrected chi connectivity index (χ2v) is 13.0. The van der Waals surface area contributed by atoms with Crippen LogP contribution in [0, 0.1) is 0 Å². The first-order valence-corrected chi connectivity index (χ1v) is 17.3. The Morgan fingerprint density at radius 1 is 0.321 bits per heavy atom. The molecule has 0 saturated carbocycles. The maximum absolute atomic E-state index is 9.90. The van der Waals surface area contributed by atoms with Crippen molar-refractivity contribution in [1.29, 1.82) is 0 Å². The summed E-state index contributed by atoms with van der Waals surface area (Å²) in [5.74, 6) is 0. The summed E-state index contributed by atoms with van der Waals surface area (Å²) in [6, 6.07) is 32.4. The third kappa shape index (κ3) is 4.64. The van der Waals surface area contributed by atoms with Gasteiger partial charge in [-0.2, -0.15) is 0 Å². The lowest BCUT2D eigenvalue weighted by Gasteiger charge is -2.20. The summed E-state index contributed by atoms with van der Waals surface area (Å²) in [4.78, 5) is 0. The highest BCUT2D eigenvalue weighted by molar-refractivity contribution is 6.25. The minimum absolute atomic E-state index is 0.0701. The Labute approximate surface area is 323 Å². The first-order chi connectivity index (χ1) is 31.3. The molecule has 0 spiro atoms. The van der Waals surface area contributed by atoms with Crippen LogP contribution in [0.5, 0.6) is 0 Å². The van der Waals surface area contributed by atoms with Gasteiger partial charge in [-0.05, 0) is 112 Å². The lowest BCUT2D eigenvalue weighted by Crippen LogP contribution is -1.93. The molecule has 53 heavy (non-hydrogen) atoms. The van der Waals surface area contributed by atoms with Crippen LogP contribution in [0.15, 0.2) is 198 Å². The van der Waals surface area contributed by atoms with E-state index in [1.807, 2.05) is 66.7 Å². The van der Waals surface area contributed by atoms with E-state index in [2.05, 4.69) is 24.3 Å². The summed E-state index contributed by atoms with van der Waals surface area (Å²) >= 11 is 0. The van der Waals surface area contributed by atoms with Crippen molar-refractivity contribution >= 4 is 65.0 Å². The topological polar surface area (TPSA) is 13.1 Å². The molecule has 0 aliphatic heterocycles. The third-order valence-corrected chi connectivity index (χ3v) is 10.1. The van der Waals surface area contributed by atoms with Gasteiger partial charge in [0.15, 0.2) is 0 Å². The zero-order valence-electron chi connectivity index (χ0n) is 40.0. The van der Waals surface area contributed by atoms with Gasteiger partial charge in [0.05, 0.1) is 16.4 Å². The summed E-state index contributed by atoms with van der Waals surface area (Å²) in [7, 11) is 0. The molecule has 0 radical (unpaired) electrons. The summed E-state index contributed by atoms with van der Waals surface area (Å²) in [6.07, 6.45) is 0. The molecule has 1 heterocycles. The van der Waals surface area contributed by atoms with E-state index in [4.69, 9.17) is 11.3 Å². The second kappa shape index (κ2) is 11.8. The van der Waals surface area contributed by atoms with Crippen LogP contribution in [0.2, 0.25) is 0 Å². The molecule has 0 aliphatic rings. The van der Waals surface area contributed by atoms with Crippen molar-refractivity contribution in [2.45, 2.75) is 0 Å². The third-order valence-electron chi connectivity index (χ3n) is 10.1. The highest BCUT2D eigenvalue weighted by atomic mass is 16.3. The second-order valence-electron chi connectivity index (χ2n) is 13.0. The quantitative estimate of drug-likeness (QED) is 0.168. The van der Waals surface area contributed by atoms with Crippen molar-refractivity contribution in [1.82, 2.24) is 0 Å². The van der Waals surface area contributed by atoms with Gasteiger partial charge in [-0.3, -0.25) is 0 Å². The van der Waals surface area contributed by atoms with Gasteiger partial charge in [0.1, 0.15) is 11.2 Å². The fraction of sp³-hybridized carbons (Fsp3) is 0. The molecule has 0 saturated heterocycles. The van der Waals surface area contributed by atoms with Crippen LogP contribution < -0.4 is 0 Å². The predicted molar refractivity (Wildman–Crippen MR) is 225 cm³/mol. The van der Waals surface area contributed by atoms with Crippen LogP contribution in [0.4, 0.5) is 0 Å². The molecular formula is C52H32O. The number of hydrogen-bond donors (Lipinski definition) is 0. The molecule has 11 aromatic rings. The Balaban J connectivity index is 1.28. The number of furan rings is 1. The molecule has 10 aromatic carbocycles. The molecule has 0 unspecified atom stereocenters. The fourth-order valence-corrected chi connectivity index (χ4v) is 7.70. The van der Waals surface area contributed by atoms with Gasteiger partial charge >= 0.3 is 0 Å². The van der Waals surface area contributed by atoms with Crippen molar-refractivity contribution in [2.75, 3.05) is 0 Å². The summed E-state index contributed by atoms with van der Waals surface area (Å²) in [5.41, 5.74) is 1.87. The lowest BCUT2D eigenvalue weighted by atomic mass is 9.83. The number of benzene rings is 10. The predicted octanol–water partition coefficient (Wildman–Crippen LogP) is 14.9. The maximum atomic E-state index is 9.90. The normalized spacial score (nSPS) is 14.9. The Morgan fingerprint density at radius 2 is 0.830 bits per heavy atom. The summed E-state index contributed by atoms with van der Waals surface area (Å²) in [6.45, 7) is 0. The zero-order chi connectivity index (χ0) is 45.3. The van der Waals surface area contributed by atoms with Crippen molar-refractivity contribution in [3.05, 3.63) is 194 Å². The minimum atomic E-state index is -0.629. The van der Waals surface area contributed by atoms with E-state index in [0.717, 1.165) is 32.7 Å². The van der Waals surface area contributed by atoms with Gasteiger partial charge in [-0.25, -0.2) is 0 Å². The fourth-order valence-electron chi connectivity index (χ4n) is 7.70. The van der Waals surface area contributed by atoms with Gasteiger partial charge < -0.3 is 4.42 Å². The Morgan fingerprint density at radius 3 is 1.51 bits per heavy atom. The van der Waals surface area contributed by atoms with E-state index >= 15 is 0 Å². The SMILES string of the molecule is [2H]c1c([2H])c([2H])c2c(-c3c4ccccc4c(-c4cccc5ccccc45)c4ccccc34)c([2H])c([2H])c(-c3c([2H])c([2H])c4c(oc5c([2H])c(-c6ccccc6)c([2H])c([2H])c54)c3[2H])c2c1[2H]. The van der Waals surface area contributed by atoms with E-state index in [9.17, 15) is 9.60 Å². The van der Waals surface area contributed by atoms with Crippen LogP contribution in [0.3, 0.4) is 0 Å². The Hall–Kier alpha value is -6.96. The first-order valence-electron chi connectivity index (χ1n) is 23.3. The lowest BCUT2D eigenvalue weighted by molar-refractivity contribution is 0.669. The van der Waals surface area contributed by atoms with Crippen LogP contribution in [-0.4, -0.2) is 0 Å². The maximum Gasteiger partial charge on any atom is 0.136 e. The van der Waals surface area contributed by atoms with E-state index in [0.29, 0.717) is 21.9 Å². The van der Waals surface area contributed by atoms with Crippen molar-refractivity contribution in [3.8, 4) is 44.5 Å². The molecule has 0 fully saturated rings. The number of rotatable bonds is 4. The number of hydrogen-bond acceptors (Lipinski definition) is 1. The standard InChI is InChI=1S/C52H32O/c1-2-13-33(14-3-1)35-25-27-41-42-28-26-36(32-50(42)53-49(41)31-35)38-29-30-48(40-19-7-6-18-39(38)40)52-46-22-10-8-20-44(46)51(45-21-9-11-23-47(45)52)43-24-12-16-34-15-4-5-17-37(34)43/h1-32H/i6D,7D,18D,19D,25D,26D,27D,28D,29D,30D,31D,32D. The van der Waals surface area contributed by atoms with E-state index in [1.165, 1.54) is 0 Å². The van der Waals surface area contributed by atoms with Crippen LogP contribution in [0.1, 0.15) is 16.4 Å². The van der Waals surface area contributed by atoms with Crippen molar-refractivity contribution < 1.29 is 20.9 Å². The largest absolute Gasteiger partial charge is 0.456 e. The van der Waals surface area contributed by atoms with Gasteiger partial charge in [0.2, 0.25) is 0 Å². The molecule has 1 heteroatoms. The minimum Gasteiger partial charge on any atom is -0.456 e. The van der Waals surface area contributed by atoms with Crippen molar-refractivity contribution in [3.63, 3.8) is 0 Å². The molecule has 0 bridgehead atoms. The highest BCUT2D eigenvalue weighted by Gasteiger charge is 2.20. The van der Waals surface area contributed by atoms with Gasteiger partial charge in [0.25, 0.3) is 0 Å². The van der Waals surface area contributed by atoms with E-state index < -0.39 is 54.4 Å². The number of fused-ring (bicyclic) bond motifs is 7. The van der Waals surface area contributed by atoms with Crippen molar-refractivity contribution in [2.24, 2.45) is 0 Å². The van der Waals surface area contributed by atoms with Gasteiger partial charge in [0, 0.05) is 10.8 Å².